The summed E-state index contributed by atoms with van der Waals surface area (Å²) in [5, 5.41) is 0. The van der Waals surface area contributed by atoms with E-state index < -0.39 is 0 Å². The minimum atomic E-state index is 1.06. The van der Waals surface area contributed by atoms with Crippen LogP contribution in [-0.2, 0) is 0 Å². The molecule has 0 fully saturated rings. The molecule has 16 heavy (non-hydrogen) atoms. The van der Waals surface area contributed by atoms with Gasteiger partial charge in [0.1, 0.15) is 6.54 Å². The van der Waals surface area contributed by atoms with Crippen LogP contribution < -0.4 is 0 Å². The monoisotopic (exact) mass is 218 g/mol. The first kappa shape index (κ1) is 13.0. The van der Waals surface area contributed by atoms with Gasteiger partial charge in [-0.1, -0.05) is 36.9 Å². The van der Waals surface area contributed by atoms with Crippen LogP contribution in [0.1, 0.15) is 26.3 Å². The summed E-state index contributed by atoms with van der Waals surface area (Å²) in [5.74, 6) is 0. The van der Waals surface area contributed by atoms with E-state index in [0.29, 0.717) is 0 Å². The zero-order chi connectivity index (χ0) is 12.0. The highest BCUT2D eigenvalue weighted by Crippen LogP contribution is 2.18. The topological polar surface area (TPSA) is 0 Å². The summed E-state index contributed by atoms with van der Waals surface area (Å²) in [6, 6.07) is 10.5. The molecule has 1 aromatic carbocycles. The van der Waals surface area contributed by atoms with Gasteiger partial charge in [-0.2, -0.15) is 0 Å². The maximum absolute atomic E-state index is 4.24. The molecule has 0 bridgehead atoms. The molecule has 0 saturated carbocycles. The molecule has 0 N–H and O–H groups in total. The Bertz CT molecular complexity index is 314. The van der Waals surface area contributed by atoms with Gasteiger partial charge in [0.15, 0.2) is 0 Å². The molecule has 1 aromatic rings. The van der Waals surface area contributed by atoms with E-state index in [4.69, 9.17) is 0 Å². The number of likely N-dealkylation sites (N-methyl/N-ethyl adjacent to an activating group) is 1. The molecule has 0 spiro atoms. The third-order valence-electron chi connectivity index (χ3n) is 3.72. The molecule has 0 saturated heterocycles. The van der Waals surface area contributed by atoms with Crippen molar-refractivity contribution in [1.29, 1.82) is 0 Å². The third-order valence-corrected chi connectivity index (χ3v) is 3.72. The quantitative estimate of drug-likeness (QED) is 0.640. The summed E-state index contributed by atoms with van der Waals surface area (Å²) >= 11 is 0. The Morgan fingerprint density at radius 2 is 1.50 bits per heavy atom. The van der Waals surface area contributed by atoms with E-state index in [9.17, 15) is 0 Å². The van der Waals surface area contributed by atoms with Crippen LogP contribution in [0.15, 0.2) is 36.9 Å². The molecule has 0 atom stereocenters. The van der Waals surface area contributed by atoms with Crippen molar-refractivity contribution < 1.29 is 4.48 Å². The van der Waals surface area contributed by atoms with Crippen molar-refractivity contribution in [3.05, 3.63) is 42.5 Å². The molecule has 0 aliphatic rings. The average Bonchev–Trinajstić information content (AvgIpc) is 2.37. The van der Waals surface area contributed by atoms with Gasteiger partial charge in [-0.05, 0) is 26.3 Å². The summed E-state index contributed by atoms with van der Waals surface area (Å²) < 4.78 is 1.13. The second-order valence-electron chi connectivity index (χ2n) is 4.42. The zero-order valence-electron chi connectivity index (χ0n) is 10.9. The predicted octanol–water partition coefficient (Wildman–Crippen LogP) is 3.58. The fraction of sp³-hybridized carbons (Fsp3) is 0.467. The molecule has 88 valence electrons. The van der Waals surface area contributed by atoms with E-state index >= 15 is 0 Å². The molecule has 0 amide bonds. The number of quaternary nitrogens is 1. The zero-order valence-corrected chi connectivity index (χ0v) is 10.9. The van der Waals surface area contributed by atoms with Crippen LogP contribution in [0.4, 0.5) is 0 Å². The lowest BCUT2D eigenvalue weighted by atomic mass is 10.1. The number of rotatable bonds is 6. The molecular weight excluding hydrogens is 194 g/mol. The molecule has 0 radical (unpaired) electrons. The summed E-state index contributed by atoms with van der Waals surface area (Å²) in [7, 11) is 0. The SMILES string of the molecule is C=C(C[N+](CC)(CC)CC)c1ccccc1. The summed E-state index contributed by atoms with van der Waals surface area (Å²) in [6.07, 6.45) is 0. The lowest BCUT2D eigenvalue weighted by Crippen LogP contribution is -2.48. The van der Waals surface area contributed by atoms with Crippen molar-refractivity contribution in [1.82, 2.24) is 0 Å². The van der Waals surface area contributed by atoms with Crippen LogP contribution in [0.3, 0.4) is 0 Å². The van der Waals surface area contributed by atoms with Crippen molar-refractivity contribution in [3.8, 4) is 0 Å². The summed E-state index contributed by atoms with van der Waals surface area (Å²) in [6.45, 7) is 15.6. The normalized spacial score (nSPS) is 11.4. The van der Waals surface area contributed by atoms with Gasteiger partial charge >= 0.3 is 0 Å². The van der Waals surface area contributed by atoms with Gasteiger partial charge in [-0.3, -0.25) is 0 Å². The highest BCUT2D eigenvalue weighted by atomic mass is 15.3. The molecule has 0 aliphatic heterocycles. The Morgan fingerprint density at radius 1 is 1.00 bits per heavy atom. The number of benzene rings is 1. The average molecular weight is 218 g/mol. The second-order valence-corrected chi connectivity index (χ2v) is 4.42. The predicted molar refractivity (Wildman–Crippen MR) is 72.2 cm³/mol. The molecule has 0 aromatic heterocycles. The van der Waals surface area contributed by atoms with Crippen LogP contribution in [-0.4, -0.2) is 30.7 Å². The van der Waals surface area contributed by atoms with Gasteiger partial charge in [-0.25, -0.2) is 0 Å². The first-order chi connectivity index (χ1) is 7.67. The molecule has 0 unspecified atom stereocenters. The number of hydrogen-bond donors (Lipinski definition) is 0. The Hall–Kier alpha value is -1.08. The lowest BCUT2D eigenvalue weighted by Gasteiger charge is -2.36. The van der Waals surface area contributed by atoms with Crippen LogP contribution >= 0.6 is 0 Å². The molecule has 0 heterocycles. The van der Waals surface area contributed by atoms with Crippen LogP contribution in [0.25, 0.3) is 5.57 Å². The fourth-order valence-electron chi connectivity index (χ4n) is 2.18. The molecular formula is C15H24N+. The second kappa shape index (κ2) is 5.86. The highest BCUT2D eigenvalue weighted by molar-refractivity contribution is 5.63. The summed E-state index contributed by atoms with van der Waals surface area (Å²) in [4.78, 5) is 0. The first-order valence-corrected chi connectivity index (χ1v) is 6.25. The number of hydrogen-bond acceptors (Lipinski definition) is 0. The Balaban J connectivity index is 2.77. The maximum atomic E-state index is 4.24. The van der Waals surface area contributed by atoms with Crippen LogP contribution in [0, 0.1) is 0 Å². The Kier molecular flexibility index (Phi) is 4.75. The van der Waals surface area contributed by atoms with Crippen molar-refractivity contribution in [2.75, 3.05) is 26.2 Å². The lowest BCUT2D eigenvalue weighted by molar-refractivity contribution is -0.916. The minimum Gasteiger partial charge on any atom is -0.321 e. The molecule has 1 rings (SSSR count). The summed E-state index contributed by atoms with van der Waals surface area (Å²) in [5.41, 5.74) is 2.53. The van der Waals surface area contributed by atoms with Crippen molar-refractivity contribution in [3.63, 3.8) is 0 Å². The van der Waals surface area contributed by atoms with Crippen molar-refractivity contribution >= 4 is 5.57 Å². The van der Waals surface area contributed by atoms with Crippen LogP contribution in [0.5, 0.6) is 0 Å². The number of nitrogens with zero attached hydrogens (tertiary/aromatic N) is 1. The van der Waals surface area contributed by atoms with Gasteiger partial charge in [0, 0.05) is 5.57 Å². The Labute approximate surface area is 100.0 Å². The van der Waals surface area contributed by atoms with Gasteiger partial charge in [-0.15, -0.1) is 0 Å². The van der Waals surface area contributed by atoms with E-state index in [1.54, 1.807) is 0 Å². The highest BCUT2D eigenvalue weighted by Gasteiger charge is 2.21. The Morgan fingerprint density at radius 3 is 1.94 bits per heavy atom. The van der Waals surface area contributed by atoms with Gasteiger partial charge < -0.3 is 4.48 Å². The smallest absolute Gasteiger partial charge is 0.104 e. The maximum Gasteiger partial charge on any atom is 0.104 e. The molecule has 0 aliphatic carbocycles. The van der Waals surface area contributed by atoms with E-state index in [-0.39, 0.29) is 0 Å². The third kappa shape index (κ3) is 2.96. The van der Waals surface area contributed by atoms with Gasteiger partial charge in [0.2, 0.25) is 0 Å². The fourth-order valence-corrected chi connectivity index (χ4v) is 2.18. The molecule has 1 heteroatoms. The van der Waals surface area contributed by atoms with E-state index in [1.807, 2.05) is 0 Å². The van der Waals surface area contributed by atoms with Crippen molar-refractivity contribution in [2.45, 2.75) is 20.8 Å². The van der Waals surface area contributed by atoms with Crippen molar-refractivity contribution in [2.24, 2.45) is 0 Å². The van der Waals surface area contributed by atoms with Gasteiger partial charge in [0.05, 0.1) is 19.6 Å². The minimum absolute atomic E-state index is 1.06. The van der Waals surface area contributed by atoms with Gasteiger partial charge in [0.25, 0.3) is 0 Å². The first-order valence-electron chi connectivity index (χ1n) is 6.25. The van der Waals surface area contributed by atoms with E-state index in [2.05, 4.69) is 57.7 Å². The van der Waals surface area contributed by atoms with E-state index in [1.165, 1.54) is 30.8 Å². The van der Waals surface area contributed by atoms with Crippen LogP contribution in [0.2, 0.25) is 0 Å². The largest absolute Gasteiger partial charge is 0.321 e. The molecule has 1 nitrogen and oxygen atoms in total. The van der Waals surface area contributed by atoms with E-state index in [0.717, 1.165) is 11.0 Å². The standard InChI is InChI=1S/C15H24N/c1-5-16(6-2,7-3)13-14(4)15-11-9-8-10-12-15/h8-12H,4-7,13H2,1-3H3/q+1.